The van der Waals surface area contributed by atoms with E-state index in [0.29, 0.717) is 30.3 Å². The van der Waals surface area contributed by atoms with E-state index < -0.39 is 6.10 Å². The normalized spacial score (nSPS) is 16.7. The molecule has 7 heteroatoms. The Morgan fingerprint density at radius 1 is 1.48 bits per heavy atom. The maximum Gasteiger partial charge on any atom is 0.265 e. The topological polar surface area (TPSA) is 88.7 Å². The number of rotatable bonds is 6. The molecule has 1 heterocycles. The van der Waals surface area contributed by atoms with E-state index in [0.717, 1.165) is 0 Å². The lowest BCUT2D eigenvalue weighted by atomic mass is 10.2. The van der Waals surface area contributed by atoms with Crippen molar-refractivity contribution in [3.8, 4) is 5.75 Å². The van der Waals surface area contributed by atoms with Gasteiger partial charge in [0, 0.05) is 19.3 Å². The Hall–Kier alpha value is -2.12. The van der Waals surface area contributed by atoms with Crippen LogP contribution in [0.25, 0.3) is 0 Å². The third-order valence-corrected chi connectivity index (χ3v) is 2.96. The maximum atomic E-state index is 11.7. The first-order chi connectivity index (χ1) is 10.1. The third kappa shape index (κ3) is 4.17. The smallest absolute Gasteiger partial charge is 0.265 e. The van der Waals surface area contributed by atoms with E-state index in [1.54, 1.807) is 32.2 Å². The van der Waals surface area contributed by atoms with Crippen molar-refractivity contribution < 1.29 is 19.1 Å². The zero-order valence-electron chi connectivity index (χ0n) is 12.1. The van der Waals surface area contributed by atoms with Gasteiger partial charge >= 0.3 is 0 Å². The van der Waals surface area contributed by atoms with Gasteiger partial charge in [-0.3, -0.25) is 9.59 Å². The van der Waals surface area contributed by atoms with Crippen molar-refractivity contribution >= 4 is 23.2 Å². The van der Waals surface area contributed by atoms with Crippen molar-refractivity contribution in [1.82, 2.24) is 5.32 Å². The highest BCUT2D eigenvalue weighted by atomic mass is 16.5. The predicted octanol–water partition coefficient (Wildman–Crippen LogP) is 0.580. The number of anilines is 2. The number of nitrogens with one attached hydrogen (secondary N) is 3. The Morgan fingerprint density at radius 3 is 3.05 bits per heavy atom. The van der Waals surface area contributed by atoms with Gasteiger partial charge in [-0.2, -0.15) is 0 Å². The molecule has 114 valence electrons. The maximum absolute atomic E-state index is 11.7. The van der Waals surface area contributed by atoms with Crippen LogP contribution in [-0.2, 0) is 14.3 Å². The molecule has 1 aliphatic heterocycles. The molecule has 1 atom stereocenters. The van der Waals surface area contributed by atoms with Crippen molar-refractivity contribution in [3.63, 3.8) is 0 Å². The monoisotopic (exact) mass is 293 g/mol. The number of fused-ring (bicyclic) bond motifs is 1. The zero-order valence-corrected chi connectivity index (χ0v) is 12.1. The summed E-state index contributed by atoms with van der Waals surface area (Å²) in [5.74, 6) is 0.230. The van der Waals surface area contributed by atoms with Gasteiger partial charge in [-0.25, -0.2) is 0 Å². The number of hydrogen-bond donors (Lipinski definition) is 3. The zero-order chi connectivity index (χ0) is 15.2. The molecule has 0 aliphatic carbocycles. The minimum Gasteiger partial charge on any atom is -0.479 e. The molecule has 0 saturated carbocycles. The number of carbonyl (C=O) groups is 2. The second-order valence-corrected chi connectivity index (χ2v) is 4.68. The number of amides is 2. The van der Waals surface area contributed by atoms with Gasteiger partial charge in [-0.1, -0.05) is 0 Å². The molecule has 0 bridgehead atoms. The summed E-state index contributed by atoms with van der Waals surface area (Å²) in [6, 6.07) is 5.13. The summed E-state index contributed by atoms with van der Waals surface area (Å²) in [6.07, 6.45) is -0.511. The first kappa shape index (κ1) is 15.3. The summed E-state index contributed by atoms with van der Waals surface area (Å²) in [5, 5.41) is 8.43. The Bertz CT molecular complexity index is 533. The van der Waals surface area contributed by atoms with Crippen molar-refractivity contribution in [2.45, 2.75) is 13.0 Å². The highest BCUT2D eigenvalue weighted by molar-refractivity contribution is 5.99. The van der Waals surface area contributed by atoms with Gasteiger partial charge in [-0.15, -0.1) is 0 Å². The lowest BCUT2D eigenvalue weighted by molar-refractivity contribution is -0.122. The first-order valence-corrected chi connectivity index (χ1v) is 6.71. The molecule has 2 rings (SSSR count). The fourth-order valence-electron chi connectivity index (χ4n) is 1.87. The molecule has 0 spiro atoms. The van der Waals surface area contributed by atoms with Crippen LogP contribution in [0.15, 0.2) is 18.2 Å². The molecule has 0 radical (unpaired) electrons. The van der Waals surface area contributed by atoms with Gasteiger partial charge < -0.3 is 25.4 Å². The van der Waals surface area contributed by atoms with Crippen molar-refractivity contribution in [2.24, 2.45) is 0 Å². The molecule has 2 amide bonds. The SMILES string of the molecule is COCCNCC(=O)Nc1ccc2c(c1)NC(=O)C(C)O2. The van der Waals surface area contributed by atoms with Crippen LogP contribution in [0.2, 0.25) is 0 Å². The molecule has 1 unspecified atom stereocenters. The Labute approximate surface area is 123 Å². The van der Waals surface area contributed by atoms with Gasteiger partial charge in [0.1, 0.15) is 5.75 Å². The first-order valence-electron chi connectivity index (χ1n) is 6.71. The fourth-order valence-corrected chi connectivity index (χ4v) is 1.87. The summed E-state index contributed by atoms with van der Waals surface area (Å²) < 4.78 is 10.3. The van der Waals surface area contributed by atoms with E-state index in [4.69, 9.17) is 9.47 Å². The average Bonchev–Trinajstić information content (AvgIpc) is 2.45. The lowest BCUT2D eigenvalue weighted by Crippen LogP contribution is -2.34. The molecule has 1 aliphatic rings. The molecule has 0 fully saturated rings. The van der Waals surface area contributed by atoms with Crippen molar-refractivity contribution in [2.75, 3.05) is 37.4 Å². The summed E-state index contributed by atoms with van der Waals surface area (Å²) in [5.41, 5.74) is 1.16. The van der Waals surface area contributed by atoms with Crippen LogP contribution in [-0.4, -0.2) is 44.7 Å². The second-order valence-electron chi connectivity index (χ2n) is 4.68. The Kier molecular flexibility index (Phi) is 5.13. The Balaban J connectivity index is 1.91. The number of ether oxygens (including phenoxy) is 2. The van der Waals surface area contributed by atoms with Crippen LogP contribution >= 0.6 is 0 Å². The number of hydrogen-bond acceptors (Lipinski definition) is 5. The van der Waals surface area contributed by atoms with Gasteiger partial charge in [0.2, 0.25) is 5.91 Å². The van der Waals surface area contributed by atoms with Gasteiger partial charge in [0.15, 0.2) is 6.10 Å². The standard InChI is InChI=1S/C14H19N3O4/c1-9-14(19)17-11-7-10(3-4-12(11)21-9)16-13(18)8-15-5-6-20-2/h3-4,7,9,15H,5-6,8H2,1-2H3,(H,16,18)(H,17,19). The van der Waals surface area contributed by atoms with Crippen molar-refractivity contribution in [3.05, 3.63) is 18.2 Å². The van der Waals surface area contributed by atoms with Crippen LogP contribution in [0.5, 0.6) is 5.75 Å². The lowest BCUT2D eigenvalue weighted by Gasteiger charge is -2.23. The quantitative estimate of drug-likeness (QED) is 0.668. The van der Waals surface area contributed by atoms with E-state index in [9.17, 15) is 9.59 Å². The van der Waals surface area contributed by atoms with Gasteiger partial charge in [0.05, 0.1) is 18.8 Å². The van der Waals surface area contributed by atoms with Crippen LogP contribution in [0, 0.1) is 0 Å². The molecule has 3 N–H and O–H groups in total. The molecule has 1 aromatic rings. The van der Waals surface area contributed by atoms with E-state index in [1.807, 2.05) is 0 Å². The molecular weight excluding hydrogens is 274 g/mol. The van der Waals surface area contributed by atoms with Crippen LogP contribution < -0.4 is 20.7 Å². The highest BCUT2D eigenvalue weighted by Crippen LogP contribution is 2.31. The van der Waals surface area contributed by atoms with E-state index in [2.05, 4.69) is 16.0 Å². The fraction of sp³-hybridized carbons (Fsp3) is 0.429. The molecular formula is C14H19N3O4. The molecule has 0 saturated heterocycles. The number of carbonyl (C=O) groups excluding carboxylic acids is 2. The summed E-state index contributed by atoms with van der Waals surface area (Å²) in [7, 11) is 1.60. The average molecular weight is 293 g/mol. The van der Waals surface area contributed by atoms with Gasteiger partial charge in [-0.05, 0) is 25.1 Å². The number of methoxy groups -OCH3 is 1. The highest BCUT2D eigenvalue weighted by Gasteiger charge is 2.23. The predicted molar refractivity (Wildman–Crippen MR) is 78.5 cm³/mol. The van der Waals surface area contributed by atoms with Crippen LogP contribution in [0.4, 0.5) is 11.4 Å². The minimum atomic E-state index is -0.511. The molecule has 1 aromatic carbocycles. The molecule has 0 aromatic heterocycles. The van der Waals surface area contributed by atoms with E-state index in [-0.39, 0.29) is 18.4 Å². The second kappa shape index (κ2) is 7.05. The van der Waals surface area contributed by atoms with Crippen molar-refractivity contribution in [1.29, 1.82) is 0 Å². The van der Waals surface area contributed by atoms with Crippen LogP contribution in [0.1, 0.15) is 6.92 Å². The third-order valence-electron chi connectivity index (χ3n) is 2.96. The Morgan fingerprint density at radius 2 is 2.29 bits per heavy atom. The largest absolute Gasteiger partial charge is 0.479 e. The van der Waals surface area contributed by atoms with E-state index >= 15 is 0 Å². The van der Waals surface area contributed by atoms with Gasteiger partial charge in [0.25, 0.3) is 5.91 Å². The number of benzene rings is 1. The minimum absolute atomic E-state index is 0.164. The van der Waals surface area contributed by atoms with Crippen LogP contribution in [0.3, 0.4) is 0 Å². The summed E-state index contributed by atoms with van der Waals surface area (Å²) in [6.45, 7) is 3.03. The summed E-state index contributed by atoms with van der Waals surface area (Å²) in [4.78, 5) is 23.3. The molecule has 21 heavy (non-hydrogen) atoms. The van der Waals surface area contributed by atoms with E-state index in [1.165, 1.54) is 0 Å². The molecule has 7 nitrogen and oxygen atoms in total. The summed E-state index contributed by atoms with van der Waals surface area (Å²) >= 11 is 0.